The van der Waals surface area contributed by atoms with E-state index in [9.17, 15) is 0 Å². The van der Waals surface area contributed by atoms with Crippen LogP contribution in [0, 0.1) is 6.92 Å². The van der Waals surface area contributed by atoms with Gasteiger partial charge in [0.15, 0.2) is 5.96 Å². The molecule has 5 heteroatoms. The van der Waals surface area contributed by atoms with E-state index >= 15 is 0 Å². The van der Waals surface area contributed by atoms with E-state index in [4.69, 9.17) is 0 Å². The van der Waals surface area contributed by atoms with E-state index in [0.29, 0.717) is 0 Å². The Kier molecular flexibility index (Phi) is 2.25. The van der Waals surface area contributed by atoms with Crippen molar-refractivity contribution in [3.8, 4) is 0 Å². The maximum Gasteiger partial charge on any atom is 0.195 e. The minimum absolute atomic E-state index is 0.848. The first-order valence-electron chi connectivity index (χ1n) is 5.23. The minimum atomic E-state index is 0.848. The van der Waals surface area contributed by atoms with E-state index in [1.807, 2.05) is 5.51 Å². The lowest BCUT2D eigenvalue weighted by Crippen LogP contribution is -2.26. The summed E-state index contributed by atoms with van der Waals surface area (Å²) in [6, 6.07) is 4.18. The number of hydrogen-bond acceptors (Lipinski definition) is 5. The van der Waals surface area contributed by atoms with Crippen molar-refractivity contribution in [1.82, 2.24) is 10.3 Å². The highest BCUT2D eigenvalue weighted by Gasteiger charge is 2.09. The van der Waals surface area contributed by atoms with Gasteiger partial charge in [-0.05, 0) is 24.6 Å². The molecule has 82 valence electrons. The maximum atomic E-state index is 4.37. The number of aliphatic imine (C=N–C) groups is 1. The average molecular weight is 232 g/mol. The van der Waals surface area contributed by atoms with Crippen molar-refractivity contribution in [3.05, 3.63) is 23.2 Å². The molecular formula is C11H12N4S. The highest BCUT2D eigenvalue weighted by Crippen LogP contribution is 2.26. The van der Waals surface area contributed by atoms with Gasteiger partial charge in [-0.3, -0.25) is 4.99 Å². The first-order chi connectivity index (χ1) is 7.84. The van der Waals surface area contributed by atoms with Crippen molar-refractivity contribution in [2.45, 2.75) is 6.92 Å². The lowest BCUT2D eigenvalue weighted by molar-refractivity contribution is 0.959. The summed E-state index contributed by atoms with van der Waals surface area (Å²) < 4.78 is 1.23. The predicted molar refractivity (Wildman–Crippen MR) is 68.3 cm³/mol. The summed E-state index contributed by atoms with van der Waals surface area (Å²) in [4.78, 5) is 8.69. The van der Waals surface area contributed by atoms with Gasteiger partial charge in [0.1, 0.15) is 0 Å². The fourth-order valence-electron chi connectivity index (χ4n) is 1.81. The standard InChI is InChI=1S/C11H12N4S/c1-7-8(15-11-12-4-5-13-11)2-3-9-10(7)14-6-16-9/h2-3,6H,4-5H2,1H3,(H2,12,13,15). The van der Waals surface area contributed by atoms with Gasteiger partial charge in [-0.2, -0.15) is 0 Å². The van der Waals surface area contributed by atoms with Gasteiger partial charge in [0.05, 0.1) is 22.3 Å². The van der Waals surface area contributed by atoms with Gasteiger partial charge in [0, 0.05) is 12.2 Å². The summed E-state index contributed by atoms with van der Waals surface area (Å²) in [5.74, 6) is 0.859. The molecule has 2 heterocycles. The molecule has 0 aliphatic carbocycles. The van der Waals surface area contributed by atoms with Crippen molar-refractivity contribution < 1.29 is 0 Å². The predicted octanol–water partition coefficient (Wildman–Crippen LogP) is 1.98. The Bertz CT molecular complexity index is 558. The molecular weight excluding hydrogens is 220 g/mol. The molecule has 0 saturated heterocycles. The van der Waals surface area contributed by atoms with Crippen LogP contribution in [0.25, 0.3) is 10.2 Å². The second kappa shape index (κ2) is 3.75. The van der Waals surface area contributed by atoms with Crippen molar-refractivity contribution in [1.29, 1.82) is 0 Å². The van der Waals surface area contributed by atoms with Gasteiger partial charge in [-0.15, -0.1) is 11.3 Å². The second-order valence-electron chi connectivity index (χ2n) is 3.72. The number of guanidine groups is 1. The third-order valence-corrected chi connectivity index (χ3v) is 3.48. The molecule has 2 N–H and O–H groups in total. The third kappa shape index (κ3) is 1.53. The van der Waals surface area contributed by atoms with E-state index in [2.05, 4.69) is 39.7 Å². The number of hydrogen-bond donors (Lipinski definition) is 2. The zero-order valence-corrected chi connectivity index (χ0v) is 9.77. The number of rotatable bonds is 1. The quantitative estimate of drug-likeness (QED) is 0.790. The summed E-state index contributed by atoms with van der Waals surface area (Å²) >= 11 is 1.67. The van der Waals surface area contributed by atoms with Gasteiger partial charge >= 0.3 is 0 Å². The fourth-order valence-corrected chi connectivity index (χ4v) is 2.55. The first-order valence-corrected chi connectivity index (χ1v) is 6.11. The van der Waals surface area contributed by atoms with Gasteiger partial charge in [0.25, 0.3) is 0 Å². The smallest absolute Gasteiger partial charge is 0.195 e. The molecule has 2 aromatic rings. The number of fused-ring (bicyclic) bond motifs is 1. The molecule has 0 unspecified atom stereocenters. The maximum absolute atomic E-state index is 4.37. The van der Waals surface area contributed by atoms with Crippen molar-refractivity contribution in [3.63, 3.8) is 0 Å². The van der Waals surface area contributed by atoms with Gasteiger partial charge in [-0.1, -0.05) is 0 Å². The van der Waals surface area contributed by atoms with E-state index in [0.717, 1.165) is 30.3 Å². The Hall–Kier alpha value is -1.62. The lowest BCUT2D eigenvalue weighted by atomic mass is 10.2. The van der Waals surface area contributed by atoms with Crippen LogP contribution in [0.1, 0.15) is 5.56 Å². The number of aryl methyl sites for hydroxylation is 1. The molecule has 0 amide bonds. The Labute approximate surface area is 97.4 Å². The molecule has 1 aliphatic rings. The van der Waals surface area contributed by atoms with Gasteiger partial charge in [0.2, 0.25) is 0 Å². The molecule has 0 fully saturated rings. The van der Waals surface area contributed by atoms with Crippen LogP contribution in [0.15, 0.2) is 22.6 Å². The highest BCUT2D eigenvalue weighted by atomic mass is 32.1. The highest BCUT2D eigenvalue weighted by molar-refractivity contribution is 7.16. The van der Waals surface area contributed by atoms with E-state index in [1.165, 1.54) is 10.3 Å². The molecule has 0 saturated carbocycles. The summed E-state index contributed by atoms with van der Waals surface area (Å²) in [5.41, 5.74) is 5.21. The molecule has 0 atom stereocenters. The largest absolute Gasteiger partial charge is 0.354 e. The SMILES string of the molecule is Cc1c(NC2=NCCN2)ccc2scnc12. The molecule has 16 heavy (non-hydrogen) atoms. The molecule has 1 aromatic heterocycles. The summed E-state index contributed by atoms with van der Waals surface area (Å²) in [5, 5.41) is 6.49. The van der Waals surface area contributed by atoms with Crippen LogP contribution in [0.5, 0.6) is 0 Å². The fraction of sp³-hybridized carbons (Fsp3) is 0.273. The number of nitrogens with zero attached hydrogens (tertiary/aromatic N) is 2. The van der Waals surface area contributed by atoms with E-state index < -0.39 is 0 Å². The third-order valence-electron chi connectivity index (χ3n) is 2.68. The average Bonchev–Trinajstić information content (AvgIpc) is 2.93. The van der Waals surface area contributed by atoms with E-state index in [1.54, 1.807) is 11.3 Å². The Morgan fingerprint density at radius 2 is 2.38 bits per heavy atom. The van der Waals surface area contributed by atoms with Crippen LogP contribution in [0.4, 0.5) is 5.69 Å². The Morgan fingerprint density at radius 1 is 1.44 bits per heavy atom. The van der Waals surface area contributed by atoms with Crippen LogP contribution >= 0.6 is 11.3 Å². The monoisotopic (exact) mass is 232 g/mol. The lowest BCUT2D eigenvalue weighted by Gasteiger charge is -2.09. The van der Waals surface area contributed by atoms with Crippen molar-refractivity contribution in [2.75, 3.05) is 18.4 Å². The zero-order valence-electron chi connectivity index (χ0n) is 8.95. The number of anilines is 1. The normalized spacial score (nSPS) is 14.9. The van der Waals surface area contributed by atoms with Crippen LogP contribution in [-0.4, -0.2) is 24.0 Å². The summed E-state index contributed by atoms with van der Waals surface area (Å²) in [6.07, 6.45) is 0. The molecule has 0 spiro atoms. The zero-order chi connectivity index (χ0) is 11.0. The second-order valence-corrected chi connectivity index (χ2v) is 4.61. The van der Waals surface area contributed by atoms with Gasteiger partial charge < -0.3 is 10.6 Å². The van der Waals surface area contributed by atoms with E-state index in [-0.39, 0.29) is 0 Å². The number of benzene rings is 1. The molecule has 1 aromatic carbocycles. The summed E-state index contributed by atoms with van der Waals surface area (Å²) in [6.45, 7) is 3.85. The molecule has 3 rings (SSSR count). The molecule has 0 bridgehead atoms. The number of thiazole rings is 1. The number of aromatic nitrogens is 1. The van der Waals surface area contributed by atoms with Crippen molar-refractivity contribution >= 4 is 33.2 Å². The van der Waals surface area contributed by atoms with Crippen molar-refractivity contribution in [2.24, 2.45) is 4.99 Å². The van der Waals surface area contributed by atoms with Gasteiger partial charge in [-0.25, -0.2) is 4.98 Å². The van der Waals surface area contributed by atoms with Crippen LogP contribution in [0.2, 0.25) is 0 Å². The topological polar surface area (TPSA) is 49.3 Å². The number of nitrogens with one attached hydrogen (secondary N) is 2. The Balaban J connectivity index is 1.99. The van der Waals surface area contributed by atoms with Crippen LogP contribution in [0.3, 0.4) is 0 Å². The Morgan fingerprint density at radius 3 is 3.19 bits per heavy atom. The molecule has 0 radical (unpaired) electrons. The molecule has 1 aliphatic heterocycles. The minimum Gasteiger partial charge on any atom is -0.354 e. The van der Waals surface area contributed by atoms with Crippen LogP contribution < -0.4 is 10.6 Å². The van der Waals surface area contributed by atoms with Crippen LogP contribution in [-0.2, 0) is 0 Å². The first kappa shape index (κ1) is 9.59. The molecule has 4 nitrogen and oxygen atoms in total. The summed E-state index contributed by atoms with van der Waals surface area (Å²) in [7, 11) is 0.